The number of amides is 1. The molecule has 2 fully saturated rings. The average molecular weight is 248 g/mol. The predicted octanol–water partition coefficient (Wildman–Crippen LogP) is 1.77. The van der Waals surface area contributed by atoms with Gasteiger partial charge in [0.25, 0.3) is 0 Å². The lowest BCUT2D eigenvalue weighted by Crippen LogP contribution is -2.34. The molecular formula is C14H20N2O2. The van der Waals surface area contributed by atoms with Gasteiger partial charge in [-0.3, -0.25) is 4.79 Å². The lowest BCUT2D eigenvalue weighted by atomic mass is 10.3. The van der Waals surface area contributed by atoms with E-state index in [0.717, 1.165) is 30.3 Å². The number of rotatable bonds is 6. The number of carbonyl (C=O) groups excluding carboxylic acids is 1. The van der Waals surface area contributed by atoms with Gasteiger partial charge < -0.3 is 15.1 Å². The molecule has 2 atom stereocenters. The summed E-state index contributed by atoms with van der Waals surface area (Å²) < 4.78 is 5.76. The van der Waals surface area contributed by atoms with Crippen LogP contribution in [0.3, 0.4) is 0 Å². The van der Waals surface area contributed by atoms with Gasteiger partial charge in [-0.2, -0.15) is 0 Å². The molecule has 18 heavy (non-hydrogen) atoms. The van der Waals surface area contributed by atoms with E-state index in [9.17, 15) is 4.79 Å². The molecule has 1 heterocycles. The Bertz CT molecular complexity index is 437. The first kappa shape index (κ1) is 11.8. The van der Waals surface area contributed by atoms with Crippen LogP contribution in [0.4, 0.5) is 0 Å². The summed E-state index contributed by atoms with van der Waals surface area (Å²) >= 11 is 0. The van der Waals surface area contributed by atoms with Crippen LogP contribution >= 0.6 is 0 Å². The number of furan rings is 1. The van der Waals surface area contributed by atoms with E-state index >= 15 is 0 Å². The largest absolute Gasteiger partial charge is 0.464 e. The van der Waals surface area contributed by atoms with Crippen LogP contribution in [0.15, 0.2) is 16.5 Å². The Balaban J connectivity index is 1.39. The number of hydrogen-bond donors (Lipinski definition) is 2. The van der Waals surface area contributed by atoms with Gasteiger partial charge in [0.05, 0.1) is 13.1 Å². The zero-order valence-electron chi connectivity index (χ0n) is 10.7. The summed E-state index contributed by atoms with van der Waals surface area (Å²) in [5, 5.41) is 6.06. The molecule has 1 aromatic heterocycles. The van der Waals surface area contributed by atoms with E-state index in [2.05, 4.69) is 23.6 Å². The van der Waals surface area contributed by atoms with E-state index < -0.39 is 0 Å². The fraction of sp³-hybridized carbons (Fsp3) is 0.643. The fourth-order valence-corrected chi connectivity index (χ4v) is 2.21. The van der Waals surface area contributed by atoms with Crippen molar-refractivity contribution in [2.45, 2.75) is 44.7 Å². The monoisotopic (exact) mass is 248 g/mol. The van der Waals surface area contributed by atoms with Crippen LogP contribution in [0.2, 0.25) is 0 Å². The zero-order chi connectivity index (χ0) is 12.5. The first-order valence-electron chi connectivity index (χ1n) is 6.81. The summed E-state index contributed by atoms with van der Waals surface area (Å²) in [6.07, 6.45) is 3.50. The molecule has 4 heteroatoms. The quantitative estimate of drug-likeness (QED) is 0.806. The third-order valence-corrected chi connectivity index (χ3v) is 3.68. The van der Waals surface area contributed by atoms with E-state index in [-0.39, 0.29) is 5.91 Å². The number of carbonyl (C=O) groups is 1. The molecule has 1 aromatic rings. The van der Waals surface area contributed by atoms with Gasteiger partial charge in [0, 0.05) is 12.0 Å². The first-order chi connectivity index (χ1) is 8.72. The van der Waals surface area contributed by atoms with Crippen LogP contribution in [0, 0.1) is 5.92 Å². The maximum atomic E-state index is 11.4. The van der Waals surface area contributed by atoms with E-state index in [1.807, 2.05) is 6.07 Å². The Kier molecular flexibility index (Phi) is 3.12. The van der Waals surface area contributed by atoms with E-state index in [4.69, 9.17) is 4.42 Å². The molecule has 2 N–H and O–H groups in total. The number of nitrogens with one attached hydrogen (secondary N) is 2. The van der Waals surface area contributed by atoms with Crippen LogP contribution in [0.25, 0.3) is 0 Å². The zero-order valence-corrected chi connectivity index (χ0v) is 10.7. The van der Waals surface area contributed by atoms with Gasteiger partial charge in [-0.1, -0.05) is 6.92 Å². The molecule has 2 aliphatic rings. The highest BCUT2D eigenvalue weighted by atomic mass is 16.3. The summed E-state index contributed by atoms with van der Waals surface area (Å²) in [7, 11) is 0. The second kappa shape index (κ2) is 4.76. The number of hydrogen-bond acceptors (Lipinski definition) is 3. The van der Waals surface area contributed by atoms with Crippen molar-refractivity contribution in [3.63, 3.8) is 0 Å². The second-order valence-electron chi connectivity index (χ2n) is 5.57. The van der Waals surface area contributed by atoms with Crippen molar-refractivity contribution in [3.8, 4) is 0 Å². The highest BCUT2D eigenvalue weighted by molar-refractivity contribution is 5.78. The van der Waals surface area contributed by atoms with Gasteiger partial charge in [-0.15, -0.1) is 0 Å². The topological polar surface area (TPSA) is 54.3 Å². The maximum Gasteiger partial charge on any atom is 0.234 e. The molecule has 0 saturated heterocycles. The minimum Gasteiger partial charge on any atom is -0.464 e. The lowest BCUT2D eigenvalue weighted by Gasteiger charge is -2.03. The summed E-state index contributed by atoms with van der Waals surface area (Å²) in [5.74, 6) is 3.49. The molecule has 2 aliphatic carbocycles. The highest BCUT2D eigenvalue weighted by Crippen LogP contribution is 2.47. The lowest BCUT2D eigenvalue weighted by molar-refractivity contribution is -0.120. The third kappa shape index (κ3) is 2.93. The Morgan fingerprint density at radius 1 is 1.44 bits per heavy atom. The molecule has 0 aromatic carbocycles. The molecule has 0 radical (unpaired) electrons. The van der Waals surface area contributed by atoms with E-state index in [1.165, 1.54) is 6.42 Å². The standard InChI is InChI=1S/C14H20N2O2/c1-9-6-12(9)13-5-4-11(18-13)7-15-8-14(17)16-10-2-3-10/h4-5,9-10,12,15H,2-3,6-8H2,1H3,(H,16,17). The Hall–Kier alpha value is -1.29. The van der Waals surface area contributed by atoms with E-state index in [0.29, 0.717) is 25.0 Å². The van der Waals surface area contributed by atoms with Crippen LogP contribution in [-0.2, 0) is 11.3 Å². The molecule has 2 saturated carbocycles. The normalized spacial score (nSPS) is 26.1. The fourth-order valence-electron chi connectivity index (χ4n) is 2.21. The van der Waals surface area contributed by atoms with Crippen molar-refractivity contribution in [1.82, 2.24) is 10.6 Å². The van der Waals surface area contributed by atoms with Crippen LogP contribution in [0.5, 0.6) is 0 Å². The Morgan fingerprint density at radius 2 is 2.22 bits per heavy atom. The molecule has 2 unspecified atom stereocenters. The summed E-state index contributed by atoms with van der Waals surface area (Å²) in [6.45, 7) is 3.23. The van der Waals surface area contributed by atoms with Crippen LogP contribution in [0.1, 0.15) is 43.6 Å². The summed E-state index contributed by atoms with van der Waals surface area (Å²) in [4.78, 5) is 11.4. The van der Waals surface area contributed by atoms with Gasteiger partial charge in [0.1, 0.15) is 11.5 Å². The first-order valence-corrected chi connectivity index (χ1v) is 6.81. The molecule has 1 amide bonds. The molecular weight excluding hydrogens is 228 g/mol. The Morgan fingerprint density at radius 3 is 2.89 bits per heavy atom. The minimum atomic E-state index is 0.0834. The van der Waals surface area contributed by atoms with Crippen LogP contribution < -0.4 is 10.6 Å². The van der Waals surface area contributed by atoms with Gasteiger partial charge in [-0.25, -0.2) is 0 Å². The van der Waals surface area contributed by atoms with Crippen molar-refractivity contribution in [2.75, 3.05) is 6.54 Å². The van der Waals surface area contributed by atoms with Gasteiger partial charge in [0.2, 0.25) is 5.91 Å². The molecule has 98 valence electrons. The van der Waals surface area contributed by atoms with Crippen LogP contribution in [-0.4, -0.2) is 18.5 Å². The van der Waals surface area contributed by atoms with Crippen molar-refractivity contribution >= 4 is 5.91 Å². The Labute approximate surface area is 107 Å². The van der Waals surface area contributed by atoms with E-state index in [1.54, 1.807) is 0 Å². The third-order valence-electron chi connectivity index (χ3n) is 3.68. The van der Waals surface area contributed by atoms with Gasteiger partial charge in [-0.05, 0) is 37.3 Å². The molecule has 0 spiro atoms. The second-order valence-corrected chi connectivity index (χ2v) is 5.57. The molecule has 0 aliphatic heterocycles. The summed E-state index contributed by atoms with van der Waals surface area (Å²) in [6, 6.07) is 4.51. The minimum absolute atomic E-state index is 0.0834. The SMILES string of the molecule is CC1CC1c1ccc(CNCC(=O)NC2CC2)o1. The van der Waals surface area contributed by atoms with Crippen molar-refractivity contribution in [1.29, 1.82) is 0 Å². The van der Waals surface area contributed by atoms with Crippen molar-refractivity contribution in [2.24, 2.45) is 5.92 Å². The molecule has 3 rings (SSSR count). The summed E-state index contributed by atoms with van der Waals surface area (Å²) in [5.41, 5.74) is 0. The average Bonchev–Trinajstić information content (AvgIpc) is 3.22. The predicted molar refractivity (Wildman–Crippen MR) is 68.1 cm³/mol. The smallest absolute Gasteiger partial charge is 0.234 e. The van der Waals surface area contributed by atoms with Gasteiger partial charge >= 0.3 is 0 Å². The van der Waals surface area contributed by atoms with Gasteiger partial charge in [0.15, 0.2) is 0 Å². The maximum absolute atomic E-state index is 11.4. The molecule has 4 nitrogen and oxygen atoms in total. The molecule has 0 bridgehead atoms. The van der Waals surface area contributed by atoms with Crippen molar-refractivity contribution in [3.05, 3.63) is 23.7 Å². The van der Waals surface area contributed by atoms with Crippen molar-refractivity contribution < 1.29 is 9.21 Å². The highest BCUT2D eigenvalue weighted by Gasteiger charge is 2.36.